The van der Waals surface area contributed by atoms with Gasteiger partial charge in [-0.15, -0.1) is 0 Å². The standard InChI is InChI=1S/C15H12O4Se/c1-11(16)18-14-10-6-5-9-13(14)15(17)19-20-12-7-3-2-4-8-12/h2-10H,1H3. The van der Waals surface area contributed by atoms with Gasteiger partial charge in [0.1, 0.15) is 0 Å². The van der Waals surface area contributed by atoms with Crippen molar-refractivity contribution in [2.75, 3.05) is 0 Å². The van der Waals surface area contributed by atoms with Gasteiger partial charge < -0.3 is 0 Å². The van der Waals surface area contributed by atoms with Crippen molar-refractivity contribution in [1.29, 1.82) is 0 Å². The van der Waals surface area contributed by atoms with E-state index in [1.54, 1.807) is 24.3 Å². The van der Waals surface area contributed by atoms with Crippen LogP contribution >= 0.6 is 0 Å². The molecule has 0 aliphatic heterocycles. The van der Waals surface area contributed by atoms with Crippen LogP contribution in [0.2, 0.25) is 0 Å². The fourth-order valence-electron chi connectivity index (χ4n) is 1.49. The monoisotopic (exact) mass is 336 g/mol. The van der Waals surface area contributed by atoms with Crippen LogP contribution in [0.15, 0.2) is 54.6 Å². The molecule has 4 nitrogen and oxygen atoms in total. The van der Waals surface area contributed by atoms with E-state index in [2.05, 4.69) is 0 Å². The van der Waals surface area contributed by atoms with Crippen LogP contribution in [0.5, 0.6) is 5.75 Å². The minimum absolute atomic E-state index is 0.217. The van der Waals surface area contributed by atoms with Gasteiger partial charge in [-0.25, -0.2) is 0 Å². The van der Waals surface area contributed by atoms with Crippen LogP contribution in [0.1, 0.15) is 17.3 Å². The molecule has 0 saturated carbocycles. The van der Waals surface area contributed by atoms with E-state index in [0.29, 0.717) is 0 Å². The molecule has 0 N–H and O–H groups in total. The Hall–Kier alpha value is -2.10. The van der Waals surface area contributed by atoms with Crippen molar-refractivity contribution in [3.63, 3.8) is 0 Å². The van der Waals surface area contributed by atoms with Gasteiger partial charge in [0, 0.05) is 0 Å². The van der Waals surface area contributed by atoms with E-state index in [0.717, 1.165) is 4.46 Å². The second kappa shape index (κ2) is 6.89. The molecule has 2 rings (SSSR count). The van der Waals surface area contributed by atoms with Crippen molar-refractivity contribution in [2.24, 2.45) is 0 Å². The third-order valence-corrected chi connectivity index (χ3v) is 3.78. The van der Waals surface area contributed by atoms with Crippen molar-refractivity contribution in [3.05, 3.63) is 60.2 Å². The number of benzene rings is 2. The quantitative estimate of drug-likeness (QED) is 0.485. The van der Waals surface area contributed by atoms with Crippen LogP contribution in [-0.2, 0) is 8.61 Å². The number of rotatable bonds is 4. The van der Waals surface area contributed by atoms with Crippen molar-refractivity contribution >= 4 is 31.7 Å². The first-order chi connectivity index (χ1) is 9.66. The van der Waals surface area contributed by atoms with Gasteiger partial charge in [-0.1, -0.05) is 0 Å². The van der Waals surface area contributed by atoms with E-state index >= 15 is 0 Å². The Bertz CT molecular complexity index is 610. The maximum absolute atomic E-state index is 12.0. The van der Waals surface area contributed by atoms with Gasteiger partial charge in [-0.05, 0) is 0 Å². The number of ether oxygens (including phenoxy) is 1. The summed E-state index contributed by atoms with van der Waals surface area (Å²) in [7, 11) is 0. The van der Waals surface area contributed by atoms with Crippen LogP contribution in [0.4, 0.5) is 0 Å². The van der Waals surface area contributed by atoms with Crippen LogP contribution in [0, 0.1) is 0 Å². The van der Waals surface area contributed by atoms with Gasteiger partial charge >= 0.3 is 123 Å². The number of carbonyl (C=O) groups excluding carboxylic acids is 2. The van der Waals surface area contributed by atoms with Crippen LogP contribution in [0.3, 0.4) is 0 Å². The molecule has 0 spiro atoms. The average Bonchev–Trinajstić information content (AvgIpc) is 2.46. The molecule has 2 aromatic carbocycles. The van der Waals surface area contributed by atoms with Gasteiger partial charge in [-0.3, -0.25) is 0 Å². The second-order valence-corrected chi connectivity index (χ2v) is 5.55. The van der Waals surface area contributed by atoms with Crippen molar-refractivity contribution < 1.29 is 18.1 Å². The van der Waals surface area contributed by atoms with Crippen molar-refractivity contribution in [3.8, 4) is 5.75 Å². The first-order valence-electron chi connectivity index (χ1n) is 5.88. The molecule has 0 aliphatic rings. The fourth-order valence-corrected chi connectivity index (χ4v) is 2.60. The molecule has 0 radical (unpaired) electrons. The molecule has 20 heavy (non-hydrogen) atoms. The summed E-state index contributed by atoms with van der Waals surface area (Å²) in [5.41, 5.74) is 0.250. The third-order valence-electron chi connectivity index (χ3n) is 2.32. The molecule has 0 aliphatic carbocycles. The molecule has 0 fully saturated rings. The van der Waals surface area contributed by atoms with Gasteiger partial charge in [0.25, 0.3) is 0 Å². The topological polar surface area (TPSA) is 52.6 Å². The molecule has 0 aromatic heterocycles. The zero-order chi connectivity index (χ0) is 14.4. The molecular weight excluding hydrogens is 323 g/mol. The minimum atomic E-state index is -0.495. The second-order valence-electron chi connectivity index (χ2n) is 3.86. The zero-order valence-electron chi connectivity index (χ0n) is 10.7. The van der Waals surface area contributed by atoms with E-state index in [9.17, 15) is 9.59 Å². The van der Waals surface area contributed by atoms with E-state index in [1.165, 1.54) is 6.92 Å². The van der Waals surface area contributed by atoms with Crippen molar-refractivity contribution in [1.82, 2.24) is 0 Å². The summed E-state index contributed by atoms with van der Waals surface area (Å²) < 4.78 is 11.2. The molecule has 0 amide bonds. The summed E-state index contributed by atoms with van der Waals surface area (Å²) in [4.78, 5) is 23.0. The number of carbonyl (C=O) groups is 2. The van der Waals surface area contributed by atoms with E-state index in [1.807, 2.05) is 30.3 Å². The Morgan fingerprint density at radius 1 is 0.950 bits per heavy atom. The average molecular weight is 335 g/mol. The Balaban J connectivity index is 2.07. The summed E-state index contributed by atoms with van der Waals surface area (Å²) in [6.45, 7) is 1.29. The predicted molar refractivity (Wildman–Crippen MR) is 75.0 cm³/mol. The molecule has 0 bridgehead atoms. The van der Waals surface area contributed by atoms with Gasteiger partial charge in [0.05, 0.1) is 0 Å². The molecule has 5 heteroatoms. The summed E-state index contributed by atoms with van der Waals surface area (Å²) in [5, 5.41) is 0. The molecule has 2 aromatic rings. The summed E-state index contributed by atoms with van der Waals surface area (Å²) in [6, 6.07) is 16.0. The number of hydrogen-bond donors (Lipinski definition) is 0. The zero-order valence-corrected chi connectivity index (χ0v) is 12.5. The summed E-state index contributed by atoms with van der Waals surface area (Å²) in [6.07, 6.45) is 0. The first kappa shape index (κ1) is 14.3. The van der Waals surface area contributed by atoms with E-state index in [-0.39, 0.29) is 11.3 Å². The SMILES string of the molecule is CC(=O)Oc1ccccc1C(=O)O[Se]c1ccccc1. The van der Waals surface area contributed by atoms with Crippen molar-refractivity contribution in [2.45, 2.75) is 6.92 Å². The third kappa shape index (κ3) is 3.95. The first-order valence-corrected chi connectivity index (χ1v) is 7.44. The maximum atomic E-state index is 12.0. The molecule has 102 valence electrons. The van der Waals surface area contributed by atoms with Crippen LogP contribution < -0.4 is 9.20 Å². The molecule has 0 unspecified atom stereocenters. The molecule has 0 heterocycles. The molecule has 0 atom stereocenters. The molecular formula is C15H12O4Se. The molecule has 0 saturated heterocycles. The van der Waals surface area contributed by atoms with Gasteiger partial charge in [0.15, 0.2) is 0 Å². The Kier molecular flexibility index (Phi) is 4.93. The van der Waals surface area contributed by atoms with E-state index < -0.39 is 27.2 Å². The van der Waals surface area contributed by atoms with Crippen LogP contribution in [0.25, 0.3) is 0 Å². The Labute approximate surface area is 123 Å². The van der Waals surface area contributed by atoms with Gasteiger partial charge in [-0.2, -0.15) is 0 Å². The van der Waals surface area contributed by atoms with Gasteiger partial charge in [0.2, 0.25) is 0 Å². The number of hydrogen-bond acceptors (Lipinski definition) is 4. The number of para-hydroxylation sites is 1. The fraction of sp³-hybridized carbons (Fsp3) is 0.0667. The number of esters is 1. The predicted octanol–water partition coefficient (Wildman–Crippen LogP) is 1.71. The summed E-state index contributed by atoms with van der Waals surface area (Å²) >= 11 is -0.415. The summed E-state index contributed by atoms with van der Waals surface area (Å²) in [5.74, 6) is -0.751. The van der Waals surface area contributed by atoms with E-state index in [4.69, 9.17) is 8.56 Å². The Morgan fingerprint density at radius 2 is 1.60 bits per heavy atom. The van der Waals surface area contributed by atoms with Crippen LogP contribution in [-0.4, -0.2) is 27.2 Å². The Morgan fingerprint density at radius 3 is 2.30 bits per heavy atom. The normalized spacial score (nSPS) is 9.85.